The standard InChI is InChI=1S/C14H13N3O2/c1-2-17-12-6-9(3-4-13(12)19-14(17)18)10-5-11(15)8-16-7-10/h3-8H,2,15H2,1H3. The third-order valence-corrected chi connectivity index (χ3v) is 3.08. The molecule has 2 aromatic heterocycles. The Morgan fingerprint density at radius 2 is 2.11 bits per heavy atom. The van der Waals surface area contributed by atoms with Gasteiger partial charge < -0.3 is 10.2 Å². The zero-order chi connectivity index (χ0) is 13.4. The SMILES string of the molecule is CCn1c(=O)oc2ccc(-c3cncc(N)c3)cc21. The Morgan fingerprint density at radius 1 is 1.26 bits per heavy atom. The fourth-order valence-corrected chi connectivity index (χ4v) is 2.16. The molecule has 0 amide bonds. The average Bonchev–Trinajstić information content (AvgIpc) is 2.73. The maximum atomic E-state index is 11.6. The van der Waals surface area contributed by atoms with E-state index in [4.69, 9.17) is 10.2 Å². The third kappa shape index (κ3) is 1.89. The van der Waals surface area contributed by atoms with E-state index in [9.17, 15) is 4.79 Å². The van der Waals surface area contributed by atoms with Crippen LogP contribution in [0.4, 0.5) is 5.69 Å². The smallest absolute Gasteiger partial charge is 0.408 e. The number of aryl methyl sites for hydroxylation is 1. The van der Waals surface area contributed by atoms with Crippen molar-refractivity contribution in [1.82, 2.24) is 9.55 Å². The molecule has 0 radical (unpaired) electrons. The van der Waals surface area contributed by atoms with Gasteiger partial charge in [0.25, 0.3) is 0 Å². The van der Waals surface area contributed by atoms with Crippen molar-refractivity contribution in [3.63, 3.8) is 0 Å². The summed E-state index contributed by atoms with van der Waals surface area (Å²) < 4.78 is 6.77. The molecule has 0 bridgehead atoms. The predicted octanol–water partition coefficient (Wildman–Crippen LogP) is 2.26. The molecule has 2 heterocycles. The molecular formula is C14H13N3O2. The van der Waals surface area contributed by atoms with E-state index < -0.39 is 0 Å². The van der Waals surface area contributed by atoms with Crippen LogP contribution < -0.4 is 11.5 Å². The van der Waals surface area contributed by atoms with Crippen molar-refractivity contribution in [3.8, 4) is 11.1 Å². The largest absolute Gasteiger partial charge is 0.419 e. The molecular weight excluding hydrogens is 242 g/mol. The van der Waals surface area contributed by atoms with E-state index >= 15 is 0 Å². The highest BCUT2D eigenvalue weighted by Crippen LogP contribution is 2.24. The van der Waals surface area contributed by atoms with Crippen molar-refractivity contribution in [2.75, 3.05) is 5.73 Å². The second-order valence-corrected chi connectivity index (χ2v) is 4.30. The maximum Gasteiger partial charge on any atom is 0.419 e. The van der Waals surface area contributed by atoms with Gasteiger partial charge in [-0.15, -0.1) is 0 Å². The van der Waals surface area contributed by atoms with E-state index in [0.29, 0.717) is 17.8 Å². The van der Waals surface area contributed by atoms with Gasteiger partial charge in [-0.25, -0.2) is 4.79 Å². The van der Waals surface area contributed by atoms with E-state index in [1.54, 1.807) is 23.0 Å². The monoisotopic (exact) mass is 255 g/mol. The predicted molar refractivity (Wildman–Crippen MR) is 73.8 cm³/mol. The molecule has 19 heavy (non-hydrogen) atoms. The van der Waals surface area contributed by atoms with Gasteiger partial charge in [0.05, 0.1) is 11.2 Å². The summed E-state index contributed by atoms with van der Waals surface area (Å²) >= 11 is 0. The molecule has 3 rings (SSSR count). The van der Waals surface area contributed by atoms with Crippen LogP contribution in [0, 0.1) is 0 Å². The number of hydrogen-bond donors (Lipinski definition) is 1. The lowest BCUT2D eigenvalue weighted by molar-refractivity contribution is 0.513. The molecule has 1 aromatic carbocycles. The number of nitrogen functional groups attached to an aromatic ring is 1. The van der Waals surface area contributed by atoms with Gasteiger partial charge in [-0.3, -0.25) is 9.55 Å². The number of rotatable bonds is 2. The maximum absolute atomic E-state index is 11.6. The molecule has 0 unspecified atom stereocenters. The third-order valence-electron chi connectivity index (χ3n) is 3.08. The number of benzene rings is 1. The molecule has 0 aliphatic carbocycles. The summed E-state index contributed by atoms with van der Waals surface area (Å²) in [6, 6.07) is 7.45. The Labute approximate surface area is 109 Å². The summed E-state index contributed by atoms with van der Waals surface area (Å²) in [5.74, 6) is -0.333. The second-order valence-electron chi connectivity index (χ2n) is 4.30. The van der Waals surface area contributed by atoms with E-state index in [1.165, 1.54) is 0 Å². The molecule has 5 nitrogen and oxygen atoms in total. The zero-order valence-corrected chi connectivity index (χ0v) is 10.5. The van der Waals surface area contributed by atoms with E-state index in [2.05, 4.69) is 4.98 Å². The number of nitrogens with two attached hydrogens (primary N) is 1. The fourth-order valence-electron chi connectivity index (χ4n) is 2.16. The van der Waals surface area contributed by atoms with Crippen LogP contribution in [0.2, 0.25) is 0 Å². The first-order chi connectivity index (χ1) is 9.19. The van der Waals surface area contributed by atoms with Crippen LogP contribution in [0.25, 0.3) is 22.2 Å². The van der Waals surface area contributed by atoms with Gasteiger partial charge in [0, 0.05) is 24.5 Å². The molecule has 0 aliphatic rings. The quantitative estimate of drug-likeness (QED) is 0.762. The number of aromatic nitrogens is 2. The number of oxazole rings is 1. The Morgan fingerprint density at radius 3 is 2.84 bits per heavy atom. The Kier molecular flexibility index (Phi) is 2.59. The first-order valence-electron chi connectivity index (χ1n) is 6.03. The molecule has 0 fully saturated rings. The van der Waals surface area contributed by atoms with Crippen LogP contribution >= 0.6 is 0 Å². The van der Waals surface area contributed by atoms with Crippen molar-refractivity contribution in [1.29, 1.82) is 0 Å². The van der Waals surface area contributed by atoms with Crippen LogP contribution in [0.5, 0.6) is 0 Å². The number of anilines is 1. The van der Waals surface area contributed by atoms with Gasteiger partial charge in [0.15, 0.2) is 5.58 Å². The van der Waals surface area contributed by atoms with Gasteiger partial charge in [-0.2, -0.15) is 0 Å². The highest BCUT2D eigenvalue weighted by Gasteiger charge is 2.09. The van der Waals surface area contributed by atoms with Gasteiger partial charge in [-0.05, 0) is 30.7 Å². The normalized spacial score (nSPS) is 11.0. The summed E-state index contributed by atoms with van der Waals surface area (Å²) in [5, 5.41) is 0. The summed E-state index contributed by atoms with van der Waals surface area (Å²) in [7, 11) is 0. The van der Waals surface area contributed by atoms with E-state index in [1.807, 2.05) is 25.1 Å². The van der Waals surface area contributed by atoms with Crippen LogP contribution in [0.15, 0.2) is 45.9 Å². The van der Waals surface area contributed by atoms with Crippen molar-refractivity contribution >= 4 is 16.8 Å². The number of hydrogen-bond acceptors (Lipinski definition) is 4. The van der Waals surface area contributed by atoms with Crippen LogP contribution in [-0.4, -0.2) is 9.55 Å². The Hall–Kier alpha value is -2.56. The van der Waals surface area contributed by atoms with E-state index in [0.717, 1.165) is 16.6 Å². The molecule has 0 saturated carbocycles. The topological polar surface area (TPSA) is 74.0 Å². The summed E-state index contributed by atoms with van der Waals surface area (Å²) in [4.78, 5) is 15.7. The summed E-state index contributed by atoms with van der Waals surface area (Å²) in [6.07, 6.45) is 3.34. The van der Waals surface area contributed by atoms with Gasteiger partial charge in [0.1, 0.15) is 0 Å². The summed E-state index contributed by atoms with van der Waals surface area (Å²) in [6.45, 7) is 2.48. The van der Waals surface area contributed by atoms with Crippen molar-refractivity contribution < 1.29 is 4.42 Å². The first kappa shape index (κ1) is 11.5. The number of nitrogens with zero attached hydrogens (tertiary/aromatic N) is 2. The molecule has 5 heteroatoms. The first-order valence-corrected chi connectivity index (χ1v) is 6.03. The molecule has 0 spiro atoms. The number of pyridine rings is 1. The van der Waals surface area contributed by atoms with E-state index in [-0.39, 0.29) is 5.76 Å². The molecule has 2 N–H and O–H groups in total. The van der Waals surface area contributed by atoms with Crippen LogP contribution in [-0.2, 0) is 6.54 Å². The lowest BCUT2D eigenvalue weighted by Gasteiger charge is -2.03. The zero-order valence-electron chi connectivity index (χ0n) is 10.5. The molecule has 3 aromatic rings. The van der Waals surface area contributed by atoms with Crippen molar-refractivity contribution in [2.24, 2.45) is 0 Å². The molecule has 96 valence electrons. The highest BCUT2D eigenvalue weighted by molar-refractivity contribution is 5.81. The van der Waals surface area contributed by atoms with Gasteiger partial charge in [-0.1, -0.05) is 6.07 Å². The molecule has 0 saturated heterocycles. The fraction of sp³-hybridized carbons (Fsp3) is 0.143. The average molecular weight is 255 g/mol. The molecule has 0 aliphatic heterocycles. The number of fused-ring (bicyclic) bond motifs is 1. The van der Waals surface area contributed by atoms with Gasteiger partial charge in [0.2, 0.25) is 0 Å². The second kappa shape index (κ2) is 4.28. The minimum Gasteiger partial charge on any atom is -0.408 e. The minimum atomic E-state index is -0.333. The van der Waals surface area contributed by atoms with Crippen molar-refractivity contribution in [3.05, 3.63) is 47.2 Å². The van der Waals surface area contributed by atoms with Gasteiger partial charge >= 0.3 is 5.76 Å². The minimum absolute atomic E-state index is 0.333. The van der Waals surface area contributed by atoms with Crippen LogP contribution in [0.1, 0.15) is 6.92 Å². The lowest BCUT2D eigenvalue weighted by atomic mass is 10.1. The van der Waals surface area contributed by atoms with Crippen molar-refractivity contribution in [2.45, 2.75) is 13.5 Å². The lowest BCUT2D eigenvalue weighted by Crippen LogP contribution is -2.11. The Balaban J connectivity index is 2.23. The molecule has 0 atom stereocenters. The van der Waals surface area contributed by atoms with Crippen LogP contribution in [0.3, 0.4) is 0 Å². The highest BCUT2D eigenvalue weighted by atomic mass is 16.4. The Bertz CT molecular complexity index is 802. The summed E-state index contributed by atoms with van der Waals surface area (Å²) in [5.41, 5.74) is 9.59.